The van der Waals surface area contributed by atoms with Crippen molar-refractivity contribution in [1.29, 1.82) is 0 Å². The van der Waals surface area contributed by atoms with E-state index >= 15 is 0 Å². The first-order valence-electron chi connectivity index (χ1n) is 6.74. The third-order valence-corrected chi connectivity index (χ3v) is 3.60. The highest BCUT2D eigenvalue weighted by molar-refractivity contribution is 5.89. The van der Waals surface area contributed by atoms with E-state index in [4.69, 9.17) is 4.74 Å². The highest BCUT2D eigenvalue weighted by Gasteiger charge is 2.29. The molecule has 2 rings (SSSR count). The molecule has 0 unspecified atom stereocenters. The third kappa shape index (κ3) is 3.50. The number of ether oxygens (including phenoxy) is 1. The van der Waals surface area contributed by atoms with Gasteiger partial charge in [-0.2, -0.15) is 0 Å². The van der Waals surface area contributed by atoms with Crippen LogP contribution in [0.25, 0.3) is 0 Å². The van der Waals surface area contributed by atoms with Crippen LogP contribution < -0.4 is 10.1 Å². The van der Waals surface area contributed by atoms with Gasteiger partial charge < -0.3 is 15.0 Å². The largest absolute Gasteiger partial charge is 0.497 e. The number of likely N-dealkylation sites (N-methyl/N-ethyl adjacent to an activating group) is 1. The van der Waals surface area contributed by atoms with Gasteiger partial charge in [0, 0.05) is 26.6 Å². The van der Waals surface area contributed by atoms with Crippen molar-refractivity contribution in [2.75, 3.05) is 27.2 Å². The number of carbonyl (C=O) groups is 2. The van der Waals surface area contributed by atoms with Crippen molar-refractivity contribution in [1.82, 2.24) is 10.2 Å². The van der Waals surface area contributed by atoms with E-state index < -0.39 is 0 Å². The van der Waals surface area contributed by atoms with E-state index in [-0.39, 0.29) is 17.7 Å². The summed E-state index contributed by atoms with van der Waals surface area (Å²) in [4.78, 5) is 25.0. The van der Waals surface area contributed by atoms with Crippen molar-refractivity contribution in [2.45, 2.75) is 12.8 Å². The lowest BCUT2D eigenvalue weighted by Crippen LogP contribution is -2.35. The zero-order valence-corrected chi connectivity index (χ0v) is 11.9. The molecule has 1 aliphatic heterocycles. The van der Waals surface area contributed by atoms with Gasteiger partial charge in [0.2, 0.25) is 11.8 Å². The molecule has 1 aromatic rings. The second-order valence-corrected chi connectivity index (χ2v) is 5.06. The van der Waals surface area contributed by atoms with E-state index in [2.05, 4.69) is 5.32 Å². The highest BCUT2D eigenvalue weighted by Crippen LogP contribution is 2.14. The molecule has 1 N–H and O–H groups in total. The average Bonchev–Trinajstić information content (AvgIpc) is 2.91. The second-order valence-electron chi connectivity index (χ2n) is 5.06. The Morgan fingerprint density at radius 1 is 1.40 bits per heavy atom. The number of carbonyl (C=O) groups excluding carboxylic acids is 2. The van der Waals surface area contributed by atoms with Crippen LogP contribution in [0, 0.1) is 5.92 Å². The number of nitrogens with zero attached hydrogens (tertiary/aromatic N) is 1. The number of hydrogen-bond donors (Lipinski definition) is 1. The molecular formula is C15H20N2O3. The maximum absolute atomic E-state index is 12.1. The van der Waals surface area contributed by atoms with E-state index in [0.29, 0.717) is 19.5 Å². The first-order valence-corrected chi connectivity index (χ1v) is 6.74. The third-order valence-electron chi connectivity index (χ3n) is 3.60. The first-order chi connectivity index (χ1) is 9.60. The minimum atomic E-state index is -0.205. The summed E-state index contributed by atoms with van der Waals surface area (Å²) in [5.41, 5.74) is 1.16. The molecule has 0 radical (unpaired) electrons. The molecule has 1 saturated heterocycles. The number of methoxy groups -OCH3 is 1. The first kappa shape index (κ1) is 14.4. The molecular weight excluding hydrogens is 256 g/mol. The van der Waals surface area contributed by atoms with Crippen LogP contribution >= 0.6 is 0 Å². The zero-order chi connectivity index (χ0) is 14.5. The van der Waals surface area contributed by atoms with Gasteiger partial charge in [0.05, 0.1) is 13.0 Å². The fourth-order valence-corrected chi connectivity index (χ4v) is 2.29. The molecule has 0 bridgehead atoms. The van der Waals surface area contributed by atoms with Crippen molar-refractivity contribution in [2.24, 2.45) is 5.92 Å². The predicted octanol–water partition coefficient (Wildman–Crippen LogP) is 0.832. The minimum absolute atomic E-state index is 0.0353. The highest BCUT2D eigenvalue weighted by atomic mass is 16.5. The monoisotopic (exact) mass is 276 g/mol. The molecule has 0 aromatic heterocycles. The Labute approximate surface area is 118 Å². The Balaban J connectivity index is 1.83. The smallest absolute Gasteiger partial charge is 0.227 e. The molecule has 2 amide bonds. The summed E-state index contributed by atoms with van der Waals surface area (Å²) in [6.45, 7) is 1.11. The fourth-order valence-electron chi connectivity index (χ4n) is 2.29. The van der Waals surface area contributed by atoms with E-state index in [1.54, 1.807) is 19.1 Å². The minimum Gasteiger partial charge on any atom is -0.497 e. The Bertz CT molecular complexity index is 484. The maximum Gasteiger partial charge on any atom is 0.227 e. The predicted molar refractivity (Wildman–Crippen MR) is 75.5 cm³/mol. The quantitative estimate of drug-likeness (QED) is 0.866. The van der Waals surface area contributed by atoms with Crippen molar-refractivity contribution in [3.8, 4) is 5.75 Å². The summed E-state index contributed by atoms with van der Waals surface area (Å²) in [5, 5.41) is 2.69. The van der Waals surface area contributed by atoms with E-state index in [9.17, 15) is 9.59 Å². The van der Waals surface area contributed by atoms with Crippen LogP contribution in [0.15, 0.2) is 24.3 Å². The topological polar surface area (TPSA) is 58.6 Å². The lowest BCUT2D eigenvalue weighted by atomic mass is 10.1. The fraction of sp³-hybridized carbons (Fsp3) is 0.467. The SMILES string of the molecule is COc1ccc(CCN(C)C(=O)[C@H]2CNC(=O)C2)cc1. The molecule has 20 heavy (non-hydrogen) atoms. The van der Waals surface area contributed by atoms with Crippen LogP contribution in [0.5, 0.6) is 5.75 Å². The van der Waals surface area contributed by atoms with Gasteiger partial charge in [0.15, 0.2) is 0 Å². The van der Waals surface area contributed by atoms with Gasteiger partial charge in [-0.05, 0) is 24.1 Å². The number of benzene rings is 1. The summed E-state index contributed by atoms with van der Waals surface area (Å²) >= 11 is 0. The van der Waals surface area contributed by atoms with Gasteiger partial charge in [-0.15, -0.1) is 0 Å². The molecule has 5 nitrogen and oxygen atoms in total. The molecule has 0 spiro atoms. The van der Waals surface area contributed by atoms with Gasteiger partial charge in [-0.3, -0.25) is 9.59 Å². The number of rotatable bonds is 5. The Hall–Kier alpha value is -2.04. The number of amides is 2. The lowest BCUT2D eigenvalue weighted by Gasteiger charge is -2.20. The summed E-state index contributed by atoms with van der Waals surface area (Å²) in [6.07, 6.45) is 1.10. The molecule has 0 saturated carbocycles. The van der Waals surface area contributed by atoms with E-state index in [0.717, 1.165) is 17.7 Å². The maximum atomic E-state index is 12.1. The van der Waals surface area contributed by atoms with Gasteiger partial charge in [0.1, 0.15) is 5.75 Å². The molecule has 1 heterocycles. The normalized spacial score (nSPS) is 17.7. The van der Waals surface area contributed by atoms with Gasteiger partial charge in [0.25, 0.3) is 0 Å². The molecule has 0 aliphatic carbocycles. The van der Waals surface area contributed by atoms with Crippen LogP contribution in [0.1, 0.15) is 12.0 Å². The molecule has 1 aliphatic rings. The van der Waals surface area contributed by atoms with Crippen molar-refractivity contribution in [3.05, 3.63) is 29.8 Å². The molecule has 1 fully saturated rings. The van der Waals surface area contributed by atoms with Gasteiger partial charge in [-0.25, -0.2) is 0 Å². The van der Waals surface area contributed by atoms with E-state index in [1.807, 2.05) is 24.3 Å². The summed E-state index contributed by atoms with van der Waals surface area (Å²) in [5.74, 6) is 0.626. The van der Waals surface area contributed by atoms with Crippen LogP contribution in [0.3, 0.4) is 0 Å². The Kier molecular flexibility index (Phi) is 4.61. The van der Waals surface area contributed by atoms with Gasteiger partial charge in [-0.1, -0.05) is 12.1 Å². The van der Waals surface area contributed by atoms with Crippen molar-refractivity contribution in [3.63, 3.8) is 0 Å². The molecule has 1 atom stereocenters. The average molecular weight is 276 g/mol. The zero-order valence-electron chi connectivity index (χ0n) is 11.9. The number of nitrogens with one attached hydrogen (secondary N) is 1. The summed E-state index contributed by atoms with van der Waals surface area (Å²) in [6, 6.07) is 7.82. The van der Waals surface area contributed by atoms with Crippen LogP contribution in [-0.2, 0) is 16.0 Å². The second kappa shape index (κ2) is 6.41. The van der Waals surface area contributed by atoms with E-state index in [1.165, 1.54) is 0 Å². The van der Waals surface area contributed by atoms with Crippen LogP contribution in [0.4, 0.5) is 0 Å². The Morgan fingerprint density at radius 3 is 2.65 bits per heavy atom. The molecule has 5 heteroatoms. The van der Waals surface area contributed by atoms with Crippen molar-refractivity contribution < 1.29 is 14.3 Å². The van der Waals surface area contributed by atoms with Crippen LogP contribution in [0.2, 0.25) is 0 Å². The molecule has 1 aromatic carbocycles. The summed E-state index contributed by atoms with van der Waals surface area (Å²) in [7, 11) is 3.42. The standard InChI is InChI=1S/C15H20N2O3/c1-17(15(19)12-9-14(18)16-10-12)8-7-11-3-5-13(20-2)6-4-11/h3-6,12H,7-10H2,1-2H3,(H,16,18)/t12-/m1/s1. The lowest BCUT2D eigenvalue weighted by molar-refractivity contribution is -0.134. The van der Waals surface area contributed by atoms with Crippen molar-refractivity contribution >= 4 is 11.8 Å². The molecule has 108 valence electrons. The number of hydrogen-bond acceptors (Lipinski definition) is 3. The Morgan fingerprint density at radius 2 is 2.10 bits per heavy atom. The van der Waals surface area contributed by atoms with Crippen LogP contribution in [-0.4, -0.2) is 44.0 Å². The van der Waals surface area contributed by atoms with Gasteiger partial charge >= 0.3 is 0 Å². The summed E-state index contributed by atoms with van der Waals surface area (Å²) < 4.78 is 5.11.